The summed E-state index contributed by atoms with van der Waals surface area (Å²) < 4.78 is 6.73. The van der Waals surface area contributed by atoms with Crippen molar-refractivity contribution in [2.75, 3.05) is 0 Å². The normalized spacial score (nSPS) is 13.1. The van der Waals surface area contributed by atoms with Crippen molar-refractivity contribution in [3.8, 4) is 34.3 Å². The summed E-state index contributed by atoms with van der Waals surface area (Å²) in [5, 5.41) is 17.8. The Hall–Kier alpha value is -7.86. The van der Waals surface area contributed by atoms with Crippen molar-refractivity contribution >= 4 is 71.1 Å². The molecule has 270 valence electrons. The molecule has 0 N–H and O–H groups in total. The first-order valence-corrected chi connectivity index (χ1v) is 19.6. The van der Waals surface area contributed by atoms with E-state index < -0.39 is 0 Å². The second-order valence-corrected chi connectivity index (χ2v) is 15.9. The lowest BCUT2D eigenvalue weighted by molar-refractivity contribution is 0.661. The van der Waals surface area contributed by atoms with E-state index in [1.807, 2.05) is 42.5 Å². The number of rotatable bonds is 3. The molecule has 0 bridgehead atoms. The van der Waals surface area contributed by atoms with Crippen molar-refractivity contribution in [3.63, 3.8) is 0 Å². The number of aromatic nitrogens is 3. The predicted molar refractivity (Wildman–Crippen MR) is 238 cm³/mol. The molecule has 5 heteroatoms. The smallest absolute Gasteiger partial charge is 0.212 e. The summed E-state index contributed by atoms with van der Waals surface area (Å²) in [6.45, 7) is 13.3. The van der Waals surface area contributed by atoms with E-state index in [2.05, 4.69) is 160 Å². The van der Waals surface area contributed by atoms with Crippen LogP contribution in [0.25, 0.3) is 98.5 Å². The Morgan fingerprint density at radius 2 is 1.00 bits per heavy atom. The zero-order valence-corrected chi connectivity index (χ0v) is 31.8. The number of para-hydroxylation sites is 4. The Morgan fingerprint density at radius 3 is 1.69 bits per heavy atom. The van der Waals surface area contributed by atoms with Gasteiger partial charge in [-0.05, 0) is 89.0 Å². The second kappa shape index (κ2) is 11.6. The zero-order valence-electron chi connectivity index (χ0n) is 31.8. The van der Waals surface area contributed by atoms with Crippen molar-refractivity contribution in [2.24, 2.45) is 0 Å². The van der Waals surface area contributed by atoms with Gasteiger partial charge in [-0.1, -0.05) is 111 Å². The third-order valence-corrected chi connectivity index (χ3v) is 12.7. The quantitative estimate of drug-likeness (QED) is 0.166. The molecule has 8 aromatic carbocycles. The summed E-state index contributed by atoms with van der Waals surface area (Å²) in [6, 6.07) is 60.2. The van der Waals surface area contributed by atoms with Gasteiger partial charge in [-0.15, -0.1) is 0 Å². The van der Waals surface area contributed by atoms with Gasteiger partial charge in [0.2, 0.25) is 5.69 Å². The molecule has 0 radical (unpaired) electrons. The molecule has 3 aromatic heterocycles. The Bertz CT molecular complexity index is 3620. The molecule has 0 atom stereocenters. The van der Waals surface area contributed by atoms with Gasteiger partial charge in [0.15, 0.2) is 0 Å². The molecular formula is C53H33N5. The van der Waals surface area contributed by atoms with Gasteiger partial charge in [0.25, 0.3) is 0 Å². The molecule has 58 heavy (non-hydrogen) atoms. The molecule has 12 rings (SSSR count). The molecule has 0 saturated carbocycles. The first kappa shape index (κ1) is 32.4. The molecule has 1 aliphatic carbocycles. The first-order valence-electron chi connectivity index (χ1n) is 19.6. The Labute approximate surface area is 334 Å². The van der Waals surface area contributed by atoms with Crippen molar-refractivity contribution in [1.82, 2.24) is 13.7 Å². The summed E-state index contributed by atoms with van der Waals surface area (Å²) >= 11 is 0. The van der Waals surface area contributed by atoms with Crippen molar-refractivity contribution < 1.29 is 0 Å². The topological polar surface area (TPSA) is 42.9 Å². The summed E-state index contributed by atoms with van der Waals surface area (Å²) in [4.78, 5) is 4.24. The van der Waals surface area contributed by atoms with Crippen LogP contribution in [-0.4, -0.2) is 13.7 Å². The van der Waals surface area contributed by atoms with Crippen LogP contribution < -0.4 is 0 Å². The van der Waals surface area contributed by atoms with E-state index in [4.69, 9.17) is 6.57 Å². The largest absolute Gasteiger partial charge is 0.319 e. The van der Waals surface area contributed by atoms with Crippen LogP contribution in [0.1, 0.15) is 30.5 Å². The first-order chi connectivity index (χ1) is 28.5. The lowest BCUT2D eigenvalue weighted by Gasteiger charge is -2.22. The fraction of sp³-hybridized carbons (Fsp3) is 0.0566. The lowest BCUT2D eigenvalue weighted by Crippen LogP contribution is -2.15. The van der Waals surface area contributed by atoms with Crippen molar-refractivity contribution in [1.29, 1.82) is 5.26 Å². The maximum Gasteiger partial charge on any atom is 0.212 e. The number of nitriles is 1. The minimum absolute atomic E-state index is 0.229. The highest BCUT2D eigenvalue weighted by Gasteiger charge is 2.36. The molecule has 0 fully saturated rings. The number of nitrogens with zero attached hydrogens (tertiary/aromatic N) is 5. The molecule has 0 amide bonds. The standard InChI is InChI=1S/C53H33N5/c1-53(2)42-21-11-7-17-34(42)38-26-40-41-27-39-37-20-10-12-22-45(37)56(33-15-5-4-6-16-33)50(39)30-51(41)58(49(40)28-43(38)53)52-25-32(31-54)48(29-44(52)55-3)57-46-23-13-8-18-35(46)36-19-9-14-24-47(36)57/h4-30H,1-2H3. The summed E-state index contributed by atoms with van der Waals surface area (Å²) in [6.07, 6.45) is 0. The van der Waals surface area contributed by atoms with Crippen LogP contribution in [0, 0.1) is 17.9 Å². The van der Waals surface area contributed by atoms with Gasteiger partial charge in [0.1, 0.15) is 6.07 Å². The highest BCUT2D eigenvalue weighted by Crippen LogP contribution is 2.52. The highest BCUT2D eigenvalue weighted by molar-refractivity contribution is 6.20. The average molecular weight is 740 g/mol. The summed E-state index contributed by atoms with van der Waals surface area (Å²) in [5.41, 5.74) is 14.5. The molecule has 0 aliphatic heterocycles. The van der Waals surface area contributed by atoms with Gasteiger partial charge in [-0.3, -0.25) is 0 Å². The van der Waals surface area contributed by atoms with Gasteiger partial charge in [0.05, 0.1) is 56.6 Å². The minimum Gasteiger partial charge on any atom is -0.319 e. The van der Waals surface area contributed by atoms with E-state index in [9.17, 15) is 5.26 Å². The van der Waals surface area contributed by atoms with Gasteiger partial charge < -0.3 is 13.7 Å². The number of benzene rings is 8. The van der Waals surface area contributed by atoms with Crippen LogP contribution in [0.2, 0.25) is 0 Å². The van der Waals surface area contributed by atoms with E-state index in [0.717, 1.165) is 65.7 Å². The van der Waals surface area contributed by atoms with Crippen LogP contribution in [-0.2, 0) is 5.41 Å². The predicted octanol–water partition coefficient (Wildman–Crippen LogP) is 13.7. The maximum atomic E-state index is 11.0. The fourth-order valence-corrected chi connectivity index (χ4v) is 10.1. The van der Waals surface area contributed by atoms with Crippen LogP contribution in [0.4, 0.5) is 5.69 Å². The lowest BCUT2D eigenvalue weighted by atomic mass is 9.82. The van der Waals surface area contributed by atoms with E-state index >= 15 is 0 Å². The Balaban J connectivity index is 1.23. The molecule has 0 saturated heterocycles. The van der Waals surface area contributed by atoms with Gasteiger partial charge in [-0.25, -0.2) is 4.85 Å². The summed E-state index contributed by atoms with van der Waals surface area (Å²) in [7, 11) is 0. The Morgan fingerprint density at radius 1 is 0.466 bits per heavy atom. The van der Waals surface area contributed by atoms with Crippen molar-refractivity contribution in [3.05, 3.63) is 192 Å². The molecule has 0 unspecified atom stereocenters. The van der Waals surface area contributed by atoms with Gasteiger partial charge in [-0.2, -0.15) is 5.26 Å². The van der Waals surface area contributed by atoms with E-state index in [1.165, 1.54) is 27.6 Å². The third-order valence-electron chi connectivity index (χ3n) is 12.7. The maximum absolute atomic E-state index is 11.0. The third kappa shape index (κ3) is 4.17. The minimum atomic E-state index is -0.229. The molecule has 5 nitrogen and oxygen atoms in total. The molecule has 11 aromatic rings. The average Bonchev–Trinajstić information content (AvgIpc) is 3.95. The van der Waals surface area contributed by atoms with Gasteiger partial charge >= 0.3 is 0 Å². The van der Waals surface area contributed by atoms with Gasteiger partial charge in [0, 0.05) is 43.4 Å². The number of hydrogen-bond acceptors (Lipinski definition) is 1. The molecular weight excluding hydrogens is 707 g/mol. The molecule has 1 aliphatic rings. The highest BCUT2D eigenvalue weighted by atomic mass is 15.0. The van der Waals surface area contributed by atoms with E-state index in [0.29, 0.717) is 22.6 Å². The Kier molecular flexibility index (Phi) is 6.47. The van der Waals surface area contributed by atoms with Crippen LogP contribution >= 0.6 is 0 Å². The van der Waals surface area contributed by atoms with Crippen LogP contribution in [0.15, 0.2) is 164 Å². The number of hydrogen-bond donors (Lipinski definition) is 0. The SMILES string of the molecule is [C-]#[N+]c1cc(-n2c3ccccc3c3ccccc32)c(C#N)cc1-n1c2cc3c(cc2c2cc4c5ccccc5n(-c5ccccc5)c4cc21)-c1ccccc1C3(C)C. The fourth-order valence-electron chi connectivity index (χ4n) is 10.1. The van der Waals surface area contributed by atoms with Crippen molar-refractivity contribution in [2.45, 2.75) is 19.3 Å². The van der Waals surface area contributed by atoms with Crippen LogP contribution in [0.5, 0.6) is 0 Å². The molecule has 0 spiro atoms. The number of fused-ring (bicyclic) bond motifs is 12. The van der Waals surface area contributed by atoms with E-state index in [1.54, 1.807) is 0 Å². The molecule has 3 heterocycles. The van der Waals surface area contributed by atoms with Crippen LogP contribution in [0.3, 0.4) is 0 Å². The van der Waals surface area contributed by atoms with E-state index in [-0.39, 0.29) is 5.41 Å². The second-order valence-electron chi connectivity index (χ2n) is 15.9. The summed E-state index contributed by atoms with van der Waals surface area (Å²) in [5.74, 6) is 0. The zero-order chi connectivity index (χ0) is 38.9. The monoisotopic (exact) mass is 739 g/mol.